The highest BCUT2D eigenvalue weighted by molar-refractivity contribution is 6.01. The average Bonchev–Trinajstić information content (AvgIpc) is 3.32. The number of pyridine rings is 2. The molecule has 6 rings (SSSR count). The molecule has 1 amide bonds. The van der Waals surface area contributed by atoms with E-state index in [0.717, 1.165) is 25.1 Å². The van der Waals surface area contributed by atoms with Crippen molar-refractivity contribution in [3.05, 3.63) is 77.9 Å². The summed E-state index contributed by atoms with van der Waals surface area (Å²) in [4.78, 5) is 25.7. The lowest BCUT2D eigenvalue weighted by molar-refractivity contribution is -0.137. The highest BCUT2D eigenvalue weighted by atomic mass is 19.4. The molecule has 1 aromatic carbocycles. The van der Waals surface area contributed by atoms with Gasteiger partial charge in [0.1, 0.15) is 11.6 Å². The maximum absolute atomic E-state index is 14.8. The number of rotatable bonds is 3. The molecule has 5 heterocycles. The van der Waals surface area contributed by atoms with E-state index in [1.165, 1.54) is 18.2 Å². The maximum atomic E-state index is 14.8. The van der Waals surface area contributed by atoms with Gasteiger partial charge in [0.05, 0.1) is 41.0 Å². The maximum Gasteiger partial charge on any atom is 0.417 e. The lowest BCUT2D eigenvalue weighted by Crippen LogP contribution is -2.43. The number of hydrogen-bond donors (Lipinski definition) is 0. The van der Waals surface area contributed by atoms with Gasteiger partial charge in [0.2, 0.25) is 0 Å². The number of amides is 1. The van der Waals surface area contributed by atoms with Crippen LogP contribution in [-0.4, -0.2) is 44.9 Å². The van der Waals surface area contributed by atoms with Gasteiger partial charge in [-0.1, -0.05) is 12.1 Å². The normalized spacial score (nSPS) is 25.3. The van der Waals surface area contributed by atoms with Gasteiger partial charge in [-0.2, -0.15) is 13.2 Å². The molecule has 0 saturated carbocycles. The van der Waals surface area contributed by atoms with Gasteiger partial charge in [-0.05, 0) is 49.2 Å². The van der Waals surface area contributed by atoms with Crippen molar-refractivity contribution in [2.45, 2.75) is 43.2 Å². The fraction of sp³-hybridized carbons (Fsp3) is 0.292. The van der Waals surface area contributed by atoms with Crippen molar-refractivity contribution in [3.63, 3.8) is 0 Å². The Bertz CT molecular complexity index is 1210. The van der Waals surface area contributed by atoms with Crippen LogP contribution in [0.1, 0.15) is 28.8 Å². The molecule has 4 atom stereocenters. The molecular weight excluding hydrogens is 436 g/mol. The summed E-state index contributed by atoms with van der Waals surface area (Å²) in [6.45, 7) is 0. The van der Waals surface area contributed by atoms with Crippen LogP contribution in [0, 0.1) is 5.82 Å². The number of nitrogens with zero attached hydrogens (tertiary/aromatic N) is 4. The van der Waals surface area contributed by atoms with Crippen LogP contribution in [0.25, 0.3) is 11.3 Å². The number of carbonyl (C=O) groups excluding carboxylic acids is 1. The van der Waals surface area contributed by atoms with Crippen molar-refractivity contribution in [1.82, 2.24) is 14.9 Å². The third-order valence-electron chi connectivity index (χ3n) is 6.90. The lowest BCUT2D eigenvalue weighted by atomic mass is 10.0. The van der Waals surface area contributed by atoms with Gasteiger partial charge in [-0.15, -0.1) is 0 Å². The van der Waals surface area contributed by atoms with Crippen molar-refractivity contribution in [2.75, 3.05) is 4.90 Å². The van der Waals surface area contributed by atoms with Crippen molar-refractivity contribution in [3.8, 4) is 11.3 Å². The first-order chi connectivity index (χ1) is 15.9. The number of anilines is 1. The average molecular weight is 454 g/mol. The molecule has 2 aromatic heterocycles. The lowest BCUT2D eigenvalue weighted by Gasteiger charge is -2.29. The van der Waals surface area contributed by atoms with E-state index in [4.69, 9.17) is 0 Å². The molecule has 168 valence electrons. The quantitative estimate of drug-likeness (QED) is 0.431. The Kier molecular flexibility index (Phi) is 4.27. The molecule has 2 bridgehead atoms. The molecule has 0 aliphatic carbocycles. The fourth-order valence-corrected chi connectivity index (χ4v) is 5.56. The molecule has 4 unspecified atom stereocenters. The van der Waals surface area contributed by atoms with Crippen molar-refractivity contribution >= 4 is 11.7 Å². The van der Waals surface area contributed by atoms with Crippen LogP contribution in [-0.2, 0) is 6.18 Å². The van der Waals surface area contributed by atoms with Crippen LogP contribution in [0.3, 0.4) is 0 Å². The number of benzene rings is 1. The van der Waals surface area contributed by atoms with Gasteiger partial charge in [-0.25, -0.2) is 9.37 Å². The van der Waals surface area contributed by atoms with Gasteiger partial charge in [-0.3, -0.25) is 9.78 Å². The molecule has 3 aromatic rings. The zero-order chi connectivity index (χ0) is 22.9. The second-order valence-electron chi connectivity index (χ2n) is 8.59. The summed E-state index contributed by atoms with van der Waals surface area (Å²) < 4.78 is 53.3. The predicted octanol–water partition coefficient (Wildman–Crippen LogP) is 4.55. The Hall–Kier alpha value is -3.49. The van der Waals surface area contributed by atoms with Crippen molar-refractivity contribution in [2.24, 2.45) is 0 Å². The van der Waals surface area contributed by atoms with Gasteiger partial charge < -0.3 is 9.80 Å². The summed E-state index contributed by atoms with van der Waals surface area (Å²) >= 11 is 0. The van der Waals surface area contributed by atoms with Crippen LogP contribution in [0.2, 0.25) is 0 Å². The number of hydrogen-bond acceptors (Lipinski definition) is 4. The molecule has 3 aliphatic rings. The van der Waals surface area contributed by atoms with E-state index in [-0.39, 0.29) is 41.2 Å². The van der Waals surface area contributed by atoms with Crippen molar-refractivity contribution < 1.29 is 22.4 Å². The number of alkyl halides is 3. The first-order valence-electron chi connectivity index (χ1n) is 10.7. The Morgan fingerprint density at radius 1 is 0.939 bits per heavy atom. The number of carbonyl (C=O) groups is 1. The second-order valence-corrected chi connectivity index (χ2v) is 8.59. The molecule has 5 nitrogen and oxygen atoms in total. The predicted molar refractivity (Wildman–Crippen MR) is 112 cm³/mol. The van der Waals surface area contributed by atoms with Gasteiger partial charge in [0, 0.05) is 18.0 Å². The highest BCUT2D eigenvalue weighted by Gasteiger charge is 2.69. The van der Waals surface area contributed by atoms with E-state index in [1.54, 1.807) is 30.5 Å². The largest absolute Gasteiger partial charge is 0.417 e. The number of halogens is 4. The zero-order valence-electron chi connectivity index (χ0n) is 17.2. The number of aromatic nitrogens is 2. The summed E-state index contributed by atoms with van der Waals surface area (Å²) in [5, 5.41) is 0. The van der Waals surface area contributed by atoms with Crippen LogP contribution in [0.15, 0.2) is 60.9 Å². The van der Waals surface area contributed by atoms with Crippen LogP contribution in [0.4, 0.5) is 23.4 Å². The second kappa shape index (κ2) is 7.00. The molecular formula is C24H18F4N4O. The summed E-state index contributed by atoms with van der Waals surface area (Å²) in [6, 6.07) is 11.9. The molecule has 0 N–H and O–H groups in total. The molecule has 3 aliphatic heterocycles. The molecule has 3 saturated heterocycles. The monoisotopic (exact) mass is 454 g/mol. The van der Waals surface area contributed by atoms with Crippen LogP contribution >= 0.6 is 0 Å². The first-order valence-corrected chi connectivity index (χ1v) is 10.7. The molecule has 0 radical (unpaired) electrons. The minimum atomic E-state index is -4.43. The highest BCUT2D eigenvalue weighted by Crippen LogP contribution is 2.54. The molecule has 0 spiro atoms. The summed E-state index contributed by atoms with van der Waals surface area (Å²) in [5.41, 5.74) is 0.0628. The van der Waals surface area contributed by atoms with E-state index >= 15 is 0 Å². The fourth-order valence-electron chi connectivity index (χ4n) is 5.56. The summed E-state index contributed by atoms with van der Waals surface area (Å²) in [5.74, 6) is -0.260. The SMILES string of the molecule is O=C(c1cccc(F)c1-c1ccccn1)N1C2CCC1C1C2N1c1ccc(C(F)(F)F)cn1. The summed E-state index contributed by atoms with van der Waals surface area (Å²) in [7, 11) is 0. The zero-order valence-corrected chi connectivity index (χ0v) is 17.2. The number of fused-ring (bicyclic) bond motifs is 5. The smallest absolute Gasteiger partial charge is 0.342 e. The topological polar surface area (TPSA) is 49.1 Å². The van der Waals surface area contributed by atoms with Gasteiger partial charge in [0.15, 0.2) is 0 Å². The van der Waals surface area contributed by atoms with Crippen molar-refractivity contribution in [1.29, 1.82) is 0 Å². The van der Waals surface area contributed by atoms with E-state index in [1.807, 2.05) is 9.80 Å². The van der Waals surface area contributed by atoms with Gasteiger partial charge >= 0.3 is 6.18 Å². The van der Waals surface area contributed by atoms with Gasteiger partial charge in [0.25, 0.3) is 5.91 Å². The Balaban J connectivity index is 1.28. The standard InChI is InChI=1S/C24H18F4N4O/c25-15-5-3-4-14(20(15)16-6-1-2-11-29-16)23(33)31-17-8-9-18(31)22-21(17)32(22)19-10-7-13(12-30-19)24(26,27)28/h1-7,10-12,17-18,21-22H,8-9H2. The molecule has 3 fully saturated rings. The summed E-state index contributed by atoms with van der Waals surface area (Å²) in [6.07, 6.45) is -0.440. The number of piperazine rings is 1. The third-order valence-corrected chi connectivity index (χ3v) is 6.90. The van der Waals surface area contributed by atoms with E-state index in [2.05, 4.69) is 9.97 Å². The van der Waals surface area contributed by atoms with Crippen LogP contribution < -0.4 is 4.90 Å². The Labute approximate surface area is 186 Å². The molecule has 33 heavy (non-hydrogen) atoms. The van der Waals surface area contributed by atoms with E-state index < -0.39 is 17.6 Å². The first kappa shape index (κ1) is 20.1. The minimum absolute atomic E-state index is 0.0174. The third kappa shape index (κ3) is 3.02. The molecule has 9 heteroatoms. The van der Waals surface area contributed by atoms with E-state index in [9.17, 15) is 22.4 Å². The Morgan fingerprint density at radius 2 is 1.70 bits per heavy atom. The Morgan fingerprint density at radius 3 is 2.30 bits per heavy atom. The minimum Gasteiger partial charge on any atom is -0.342 e. The van der Waals surface area contributed by atoms with Crippen LogP contribution in [0.5, 0.6) is 0 Å². The van der Waals surface area contributed by atoms with E-state index in [0.29, 0.717) is 11.5 Å².